The number of hydrogen-bond donors (Lipinski definition) is 1. The minimum absolute atomic E-state index is 0.251. The Morgan fingerprint density at radius 2 is 2.30 bits per heavy atom. The second kappa shape index (κ2) is 7.01. The van der Waals surface area contributed by atoms with E-state index in [0.29, 0.717) is 17.2 Å². The molecule has 0 unspecified atom stereocenters. The molecule has 1 N–H and O–H groups in total. The van der Waals surface area contributed by atoms with Crippen LogP contribution in [0.3, 0.4) is 0 Å². The summed E-state index contributed by atoms with van der Waals surface area (Å²) in [6.07, 6.45) is 4.92. The molecule has 3 heterocycles. The predicted molar refractivity (Wildman–Crippen MR) is 87.5 cm³/mol. The molecular weight excluding hydrogens is 314 g/mol. The van der Waals surface area contributed by atoms with Crippen LogP contribution in [0.5, 0.6) is 0 Å². The first-order valence-corrected chi connectivity index (χ1v) is 7.94. The van der Waals surface area contributed by atoms with Gasteiger partial charge in [-0.2, -0.15) is 0 Å². The third kappa shape index (κ3) is 3.72. The fourth-order valence-electron chi connectivity index (χ4n) is 2.06. The van der Waals surface area contributed by atoms with Crippen LogP contribution in [0.2, 0.25) is 0 Å². The number of amides is 1. The summed E-state index contributed by atoms with van der Waals surface area (Å²) < 4.78 is 5.09. The van der Waals surface area contributed by atoms with Gasteiger partial charge in [-0.25, -0.2) is 4.98 Å². The van der Waals surface area contributed by atoms with Crippen LogP contribution < -0.4 is 10.2 Å². The monoisotopic (exact) mass is 329 g/mol. The van der Waals surface area contributed by atoms with Crippen LogP contribution in [0.25, 0.3) is 0 Å². The van der Waals surface area contributed by atoms with Crippen molar-refractivity contribution in [2.24, 2.45) is 0 Å². The third-order valence-corrected chi connectivity index (χ3v) is 3.86. The number of furan rings is 1. The Hall–Kier alpha value is -2.74. The molecule has 3 aromatic heterocycles. The molecule has 0 atom stereocenters. The second-order valence-corrected chi connectivity index (χ2v) is 5.58. The molecule has 0 saturated carbocycles. The second-order valence-electron chi connectivity index (χ2n) is 4.75. The number of aromatic nitrogens is 3. The Kier molecular flexibility index (Phi) is 4.62. The van der Waals surface area contributed by atoms with Gasteiger partial charge in [0, 0.05) is 24.8 Å². The van der Waals surface area contributed by atoms with Gasteiger partial charge < -0.3 is 9.32 Å². The first-order valence-electron chi connectivity index (χ1n) is 7.06. The van der Waals surface area contributed by atoms with E-state index in [1.165, 1.54) is 11.3 Å². The van der Waals surface area contributed by atoms with Gasteiger partial charge in [-0.1, -0.05) is 11.3 Å². The van der Waals surface area contributed by atoms with Crippen molar-refractivity contribution >= 4 is 28.2 Å². The van der Waals surface area contributed by atoms with Gasteiger partial charge in [0.25, 0.3) is 5.91 Å². The lowest BCUT2D eigenvalue weighted by molar-refractivity contribution is 0.102. The number of carbonyl (C=O) groups is 1. The van der Waals surface area contributed by atoms with Crippen LogP contribution in [0, 0.1) is 0 Å². The average Bonchev–Trinajstić information content (AvgIpc) is 3.26. The van der Waals surface area contributed by atoms with E-state index in [1.807, 2.05) is 12.1 Å². The summed E-state index contributed by atoms with van der Waals surface area (Å²) in [5.41, 5.74) is 3.11. The van der Waals surface area contributed by atoms with Crippen LogP contribution in [0.4, 0.5) is 10.9 Å². The standard InChI is InChI=1S/C15H15N5O2S/c1-2-20(8-11-5-6-22-9-11)13-4-3-12(7-16-13)14(21)18-15-19-17-10-23-15/h3-7,9-10H,2,8H2,1H3,(H,18,19,21). The zero-order valence-electron chi connectivity index (χ0n) is 12.5. The zero-order chi connectivity index (χ0) is 16.1. The molecule has 0 fully saturated rings. The van der Waals surface area contributed by atoms with Crippen molar-refractivity contribution in [2.45, 2.75) is 13.5 Å². The van der Waals surface area contributed by atoms with E-state index in [4.69, 9.17) is 4.42 Å². The molecule has 8 heteroatoms. The molecular formula is C15H15N5O2S. The van der Waals surface area contributed by atoms with Gasteiger partial charge >= 0.3 is 0 Å². The predicted octanol–water partition coefficient (Wildman–Crippen LogP) is 2.80. The van der Waals surface area contributed by atoms with E-state index in [2.05, 4.69) is 32.3 Å². The summed E-state index contributed by atoms with van der Waals surface area (Å²) >= 11 is 1.27. The lowest BCUT2D eigenvalue weighted by Gasteiger charge is -2.21. The minimum atomic E-state index is -0.251. The highest BCUT2D eigenvalue weighted by atomic mass is 32.1. The van der Waals surface area contributed by atoms with Crippen LogP contribution in [-0.2, 0) is 6.54 Å². The maximum absolute atomic E-state index is 12.1. The van der Waals surface area contributed by atoms with Gasteiger partial charge in [0.2, 0.25) is 5.13 Å². The van der Waals surface area contributed by atoms with Crippen molar-refractivity contribution in [2.75, 3.05) is 16.8 Å². The van der Waals surface area contributed by atoms with E-state index in [-0.39, 0.29) is 5.91 Å². The van der Waals surface area contributed by atoms with E-state index in [0.717, 1.165) is 17.9 Å². The molecule has 118 valence electrons. The molecule has 3 aromatic rings. The zero-order valence-corrected chi connectivity index (χ0v) is 13.3. The van der Waals surface area contributed by atoms with Gasteiger partial charge in [-0.15, -0.1) is 10.2 Å². The fraction of sp³-hybridized carbons (Fsp3) is 0.200. The van der Waals surface area contributed by atoms with E-state index in [1.54, 1.807) is 30.3 Å². The lowest BCUT2D eigenvalue weighted by Crippen LogP contribution is -2.23. The average molecular weight is 329 g/mol. The van der Waals surface area contributed by atoms with Crippen molar-refractivity contribution in [1.82, 2.24) is 15.2 Å². The SMILES string of the molecule is CCN(Cc1ccoc1)c1ccc(C(=O)Nc2nncs2)cn1. The normalized spacial score (nSPS) is 10.5. The van der Waals surface area contributed by atoms with Crippen LogP contribution in [0.15, 0.2) is 46.8 Å². The highest BCUT2D eigenvalue weighted by Gasteiger charge is 2.11. The maximum atomic E-state index is 12.1. The number of anilines is 2. The number of hydrogen-bond acceptors (Lipinski definition) is 7. The smallest absolute Gasteiger partial charge is 0.259 e. The number of nitrogens with one attached hydrogen (secondary N) is 1. The van der Waals surface area contributed by atoms with Crippen molar-refractivity contribution in [3.05, 3.63) is 53.6 Å². The van der Waals surface area contributed by atoms with Crippen molar-refractivity contribution in [1.29, 1.82) is 0 Å². The molecule has 23 heavy (non-hydrogen) atoms. The van der Waals surface area contributed by atoms with Crippen molar-refractivity contribution in [3.8, 4) is 0 Å². The maximum Gasteiger partial charge on any atom is 0.259 e. The molecule has 0 aromatic carbocycles. The number of pyridine rings is 1. The first kappa shape index (κ1) is 15.2. The number of rotatable bonds is 6. The summed E-state index contributed by atoms with van der Waals surface area (Å²) in [6, 6.07) is 5.50. The molecule has 0 saturated heterocycles. The van der Waals surface area contributed by atoms with Crippen LogP contribution >= 0.6 is 11.3 Å². The van der Waals surface area contributed by atoms with Gasteiger partial charge in [-0.3, -0.25) is 10.1 Å². The summed E-state index contributed by atoms with van der Waals surface area (Å²) in [7, 11) is 0. The molecule has 7 nitrogen and oxygen atoms in total. The molecule has 0 aliphatic carbocycles. The Bertz CT molecular complexity index is 741. The van der Waals surface area contributed by atoms with E-state index >= 15 is 0 Å². The summed E-state index contributed by atoms with van der Waals surface area (Å²) in [5, 5.41) is 10.6. The molecule has 0 spiro atoms. The highest BCUT2D eigenvalue weighted by molar-refractivity contribution is 7.13. The third-order valence-electron chi connectivity index (χ3n) is 3.25. The van der Waals surface area contributed by atoms with E-state index < -0.39 is 0 Å². The minimum Gasteiger partial charge on any atom is -0.472 e. The van der Waals surface area contributed by atoms with Gasteiger partial charge in [0.05, 0.1) is 18.1 Å². The Morgan fingerprint density at radius 3 is 2.91 bits per heavy atom. The molecule has 0 aliphatic rings. The summed E-state index contributed by atoms with van der Waals surface area (Å²) in [5.74, 6) is 0.555. The number of carbonyl (C=O) groups excluding carboxylic acids is 1. The van der Waals surface area contributed by atoms with Gasteiger partial charge in [0.1, 0.15) is 11.3 Å². The molecule has 0 bridgehead atoms. The topological polar surface area (TPSA) is 84.2 Å². The summed E-state index contributed by atoms with van der Waals surface area (Å²) in [4.78, 5) is 18.6. The largest absolute Gasteiger partial charge is 0.472 e. The Labute approximate surface area is 137 Å². The van der Waals surface area contributed by atoms with Crippen molar-refractivity contribution < 1.29 is 9.21 Å². The van der Waals surface area contributed by atoms with Crippen molar-refractivity contribution in [3.63, 3.8) is 0 Å². The Balaban J connectivity index is 1.69. The van der Waals surface area contributed by atoms with Gasteiger partial charge in [0.15, 0.2) is 0 Å². The molecule has 3 rings (SSSR count). The first-order chi connectivity index (χ1) is 11.3. The summed E-state index contributed by atoms with van der Waals surface area (Å²) in [6.45, 7) is 3.56. The Morgan fingerprint density at radius 1 is 1.39 bits per heavy atom. The lowest BCUT2D eigenvalue weighted by atomic mass is 10.2. The van der Waals surface area contributed by atoms with E-state index in [9.17, 15) is 4.79 Å². The fourth-order valence-corrected chi connectivity index (χ4v) is 2.50. The quantitative estimate of drug-likeness (QED) is 0.748. The molecule has 0 radical (unpaired) electrons. The van der Waals surface area contributed by atoms with Crippen LogP contribution in [-0.4, -0.2) is 27.6 Å². The molecule has 1 amide bonds. The van der Waals surface area contributed by atoms with Gasteiger partial charge in [-0.05, 0) is 25.1 Å². The highest BCUT2D eigenvalue weighted by Crippen LogP contribution is 2.16. The molecule has 0 aliphatic heterocycles. The van der Waals surface area contributed by atoms with Crippen LogP contribution in [0.1, 0.15) is 22.8 Å². The number of nitrogens with zero attached hydrogens (tertiary/aromatic N) is 4.